The van der Waals surface area contributed by atoms with Crippen LogP contribution in [0.3, 0.4) is 0 Å². The molecule has 0 spiro atoms. The number of carbonyl (C=O) groups is 2. The molecule has 1 fully saturated rings. The van der Waals surface area contributed by atoms with Crippen LogP contribution in [-0.2, 0) is 4.79 Å². The van der Waals surface area contributed by atoms with Crippen LogP contribution in [0.25, 0.3) is 11.1 Å². The molecule has 0 radical (unpaired) electrons. The Kier molecular flexibility index (Phi) is 3.50. The third-order valence-corrected chi connectivity index (χ3v) is 3.24. The van der Waals surface area contributed by atoms with E-state index in [1.165, 1.54) is 0 Å². The summed E-state index contributed by atoms with van der Waals surface area (Å²) in [6, 6.07) is 13.0. The number of amides is 3. The molecule has 2 aromatic rings. The zero-order valence-electron chi connectivity index (χ0n) is 11.5. The second-order valence-corrected chi connectivity index (χ2v) is 4.76. The lowest BCUT2D eigenvalue weighted by Gasteiger charge is -2.04. The van der Waals surface area contributed by atoms with Gasteiger partial charge in [0.25, 0.3) is 5.91 Å². The van der Waals surface area contributed by atoms with Gasteiger partial charge in [0.15, 0.2) is 6.04 Å². The molecule has 0 unspecified atom stereocenters. The Hall–Kier alpha value is -3.26. The molecule has 0 aliphatic carbocycles. The summed E-state index contributed by atoms with van der Waals surface area (Å²) in [5.41, 5.74) is 2.33. The van der Waals surface area contributed by atoms with Gasteiger partial charge >= 0.3 is 6.03 Å². The largest absolute Gasteiger partial charge is 0.507 e. The van der Waals surface area contributed by atoms with Crippen LogP contribution in [0.5, 0.6) is 5.75 Å². The summed E-state index contributed by atoms with van der Waals surface area (Å²) in [6.07, 6.45) is 0. The Morgan fingerprint density at radius 3 is 2.36 bits per heavy atom. The summed E-state index contributed by atoms with van der Waals surface area (Å²) in [5, 5.41) is 14.4. The third kappa shape index (κ3) is 2.76. The monoisotopic (exact) mass is 292 g/mol. The summed E-state index contributed by atoms with van der Waals surface area (Å²) in [5.74, 6) is 5.32. The highest BCUT2D eigenvalue weighted by Crippen LogP contribution is 2.28. The van der Waals surface area contributed by atoms with Gasteiger partial charge in [-0.3, -0.25) is 10.1 Å². The third-order valence-electron chi connectivity index (χ3n) is 3.24. The molecule has 3 N–H and O–H groups in total. The number of phenolic OH excluding ortho intramolecular Hbond substituents is 1. The van der Waals surface area contributed by atoms with Gasteiger partial charge in [-0.2, -0.15) is 0 Å². The number of phenols is 1. The molecule has 0 aromatic heterocycles. The van der Waals surface area contributed by atoms with E-state index in [0.29, 0.717) is 5.56 Å². The summed E-state index contributed by atoms with van der Waals surface area (Å²) < 4.78 is 0. The molecule has 5 heteroatoms. The zero-order valence-corrected chi connectivity index (χ0v) is 11.5. The average molecular weight is 292 g/mol. The van der Waals surface area contributed by atoms with Gasteiger partial charge in [-0.15, -0.1) is 0 Å². The summed E-state index contributed by atoms with van der Waals surface area (Å²) in [6.45, 7) is 0. The van der Waals surface area contributed by atoms with Gasteiger partial charge in [0.2, 0.25) is 0 Å². The maximum Gasteiger partial charge on any atom is 0.322 e. The number of aromatic hydroxyl groups is 1. The molecular formula is C17H12N2O3. The predicted molar refractivity (Wildman–Crippen MR) is 80.9 cm³/mol. The lowest BCUT2D eigenvalue weighted by Crippen LogP contribution is -2.26. The molecule has 1 aliphatic heterocycles. The Balaban J connectivity index is 1.80. The quantitative estimate of drug-likeness (QED) is 0.552. The second-order valence-electron chi connectivity index (χ2n) is 4.76. The van der Waals surface area contributed by atoms with E-state index in [9.17, 15) is 14.7 Å². The lowest BCUT2D eigenvalue weighted by atomic mass is 10.0. The van der Waals surface area contributed by atoms with Gasteiger partial charge in [0.05, 0.1) is 0 Å². The van der Waals surface area contributed by atoms with Crippen LogP contribution in [0.1, 0.15) is 5.56 Å². The van der Waals surface area contributed by atoms with Crippen molar-refractivity contribution in [2.24, 2.45) is 0 Å². The maximum absolute atomic E-state index is 11.4. The normalized spacial score (nSPS) is 16.5. The molecule has 0 saturated carbocycles. The molecular weight excluding hydrogens is 280 g/mol. The Morgan fingerprint density at radius 2 is 1.73 bits per heavy atom. The number of urea groups is 1. The number of imide groups is 1. The minimum Gasteiger partial charge on any atom is -0.507 e. The van der Waals surface area contributed by atoms with Gasteiger partial charge in [-0.25, -0.2) is 4.79 Å². The molecule has 1 saturated heterocycles. The number of carbonyl (C=O) groups excluding carboxylic acids is 2. The summed E-state index contributed by atoms with van der Waals surface area (Å²) in [4.78, 5) is 22.3. The number of benzene rings is 2. The number of nitrogens with one attached hydrogen (secondary N) is 2. The van der Waals surface area contributed by atoms with Gasteiger partial charge in [-0.05, 0) is 23.8 Å². The fourth-order valence-corrected chi connectivity index (χ4v) is 2.12. The van der Waals surface area contributed by atoms with Crippen LogP contribution in [0.15, 0.2) is 48.5 Å². The van der Waals surface area contributed by atoms with Crippen LogP contribution in [0, 0.1) is 11.8 Å². The predicted octanol–water partition coefficient (Wildman–Crippen LogP) is 1.62. The molecule has 3 rings (SSSR count). The highest BCUT2D eigenvalue weighted by molar-refractivity contribution is 6.05. The number of rotatable bonds is 1. The number of hydrogen-bond acceptors (Lipinski definition) is 3. The maximum atomic E-state index is 11.4. The van der Waals surface area contributed by atoms with Gasteiger partial charge in [0, 0.05) is 11.1 Å². The topological polar surface area (TPSA) is 78.4 Å². The minimum absolute atomic E-state index is 0.215. The standard InChI is InChI=1S/C17H12N2O3/c20-15-4-2-1-3-13(15)12-8-5-11(6-9-12)7-10-14-16(21)19-17(22)18-14/h1-6,8-9,14,20H,(H2,18,19,21,22)/t14-/m0/s1. The van der Waals surface area contributed by atoms with E-state index in [2.05, 4.69) is 22.5 Å². The van der Waals surface area contributed by atoms with Crippen molar-refractivity contribution in [1.29, 1.82) is 0 Å². The molecule has 2 aromatic carbocycles. The van der Waals surface area contributed by atoms with E-state index < -0.39 is 18.0 Å². The van der Waals surface area contributed by atoms with Gasteiger partial charge in [-0.1, -0.05) is 42.2 Å². The second kappa shape index (κ2) is 5.62. The summed E-state index contributed by atoms with van der Waals surface area (Å²) >= 11 is 0. The van der Waals surface area contributed by atoms with Crippen LogP contribution >= 0.6 is 0 Å². The van der Waals surface area contributed by atoms with Crippen molar-refractivity contribution in [3.05, 3.63) is 54.1 Å². The van der Waals surface area contributed by atoms with E-state index in [1.54, 1.807) is 24.3 Å². The average Bonchev–Trinajstić information content (AvgIpc) is 2.84. The smallest absolute Gasteiger partial charge is 0.322 e. The van der Waals surface area contributed by atoms with E-state index in [1.807, 2.05) is 24.3 Å². The number of hydrogen-bond donors (Lipinski definition) is 3. The molecule has 1 aliphatic rings. The van der Waals surface area contributed by atoms with E-state index in [4.69, 9.17) is 0 Å². The van der Waals surface area contributed by atoms with E-state index >= 15 is 0 Å². The zero-order chi connectivity index (χ0) is 15.5. The van der Waals surface area contributed by atoms with Gasteiger partial charge < -0.3 is 10.4 Å². The van der Waals surface area contributed by atoms with Crippen LogP contribution < -0.4 is 10.6 Å². The molecule has 1 heterocycles. The molecule has 5 nitrogen and oxygen atoms in total. The first-order valence-electron chi connectivity index (χ1n) is 6.65. The van der Waals surface area contributed by atoms with Crippen molar-refractivity contribution in [2.45, 2.75) is 6.04 Å². The van der Waals surface area contributed by atoms with Gasteiger partial charge in [0.1, 0.15) is 5.75 Å². The minimum atomic E-state index is -0.814. The van der Waals surface area contributed by atoms with Crippen molar-refractivity contribution in [3.8, 4) is 28.7 Å². The molecule has 0 bridgehead atoms. The first-order chi connectivity index (χ1) is 10.6. The molecule has 108 valence electrons. The first kappa shape index (κ1) is 13.7. The van der Waals surface area contributed by atoms with Crippen LogP contribution in [0.4, 0.5) is 4.79 Å². The van der Waals surface area contributed by atoms with E-state index in [-0.39, 0.29) is 5.75 Å². The first-order valence-corrected chi connectivity index (χ1v) is 6.65. The van der Waals surface area contributed by atoms with E-state index in [0.717, 1.165) is 11.1 Å². The van der Waals surface area contributed by atoms with Crippen molar-refractivity contribution < 1.29 is 14.7 Å². The SMILES string of the molecule is O=C1NC(=O)[C@H](C#Cc2ccc(-c3ccccc3O)cc2)N1. The van der Waals surface area contributed by atoms with Crippen LogP contribution in [-0.4, -0.2) is 23.1 Å². The fraction of sp³-hybridized carbons (Fsp3) is 0.0588. The summed E-state index contributed by atoms with van der Waals surface area (Å²) in [7, 11) is 0. The molecule has 22 heavy (non-hydrogen) atoms. The number of para-hydroxylation sites is 1. The Bertz CT molecular complexity index is 801. The van der Waals surface area contributed by atoms with Crippen LogP contribution in [0.2, 0.25) is 0 Å². The van der Waals surface area contributed by atoms with Crippen molar-refractivity contribution >= 4 is 11.9 Å². The van der Waals surface area contributed by atoms with Crippen molar-refractivity contribution in [1.82, 2.24) is 10.6 Å². The molecule has 1 atom stereocenters. The highest BCUT2D eigenvalue weighted by Gasteiger charge is 2.27. The lowest BCUT2D eigenvalue weighted by molar-refractivity contribution is -0.119. The molecule has 3 amide bonds. The highest BCUT2D eigenvalue weighted by atomic mass is 16.3. The fourth-order valence-electron chi connectivity index (χ4n) is 2.12. The Labute approximate surface area is 127 Å². The van der Waals surface area contributed by atoms with Crippen molar-refractivity contribution in [3.63, 3.8) is 0 Å². The van der Waals surface area contributed by atoms with Crippen molar-refractivity contribution in [2.75, 3.05) is 0 Å². The Morgan fingerprint density at radius 1 is 1.00 bits per heavy atom.